The van der Waals surface area contributed by atoms with Gasteiger partial charge in [-0.3, -0.25) is 9.59 Å². The number of anilines is 1. The lowest BCUT2D eigenvalue weighted by Gasteiger charge is -2.21. The van der Waals surface area contributed by atoms with Crippen LogP contribution >= 0.6 is 0 Å². The second-order valence-corrected chi connectivity index (χ2v) is 6.12. The van der Waals surface area contributed by atoms with Gasteiger partial charge < -0.3 is 19.7 Å². The van der Waals surface area contributed by atoms with Crippen LogP contribution in [0.15, 0.2) is 42.5 Å². The Bertz CT molecular complexity index is 889. The van der Waals surface area contributed by atoms with Crippen molar-refractivity contribution in [1.82, 2.24) is 4.90 Å². The summed E-state index contributed by atoms with van der Waals surface area (Å²) in [7, 11) is 3.11. The Balaban J connectivity index is 1.98. The van der Waals surface area contributed by atoms with Crippen molar-refractivity contribution in [2.24, 2.45) is 0 Å². The summed E-state index contributed by atoms with van der Waals surface area (Å²) in [5.41, 5.74) is 1.89. The van der Waals surface area contributed by atoms with Crippen molar-refractivity contribution in [1.29, 1.82) is 5.26 Å². The minimum atomic E-state index is -0.228. The molecule has 0 saturated heterocycles. The van der Waals surface area contributed by atoms with Gasteiger partial charge in [-0.05, 0) is 35.9 Å². The number of rotatable bonds is 8. The standard InChI is InChI=1S/C21H23N3O4/c1-15(25)24(14-17-7-8-19(27-2)20(12-17)28-3)10-9-21(26)23-18-6-4-5-16(11-18)13-22/h4-8,11-12H,9-10,14H2,1-3H3,(H,23,26). The fourth-order valence-electron chi connectivity index (χ4n) is 2.67. The van der Waals surface area contributed by atoms with Gasteiger partial charge in [-0.2, -0.15) is 5.26 Å². The number of amides is 2. The summed E-state index contributed by atoms with van der Waals surface area (Å²) in [6.45, 7) is 2.09. The Morgan fingerprint density at radius 2 is 1.86 bits per heavy atom. The van der Waals surface area contributed by atoms with Crippen molar-refractivity contribution in [3.63, 3.8) is 0 Å². The lowest BCUT2D eigenvalue weighted by molar-refractivity contribution is -0.129. The van der Waals surface area contributed by atoms with Gasteiger partial charge in [0.1, 0.15) is 0 Å². The largest absolute Gasteiger partial charge is 0.493 e. The summed E-state index contributed by atoms with van der Waals surface area (Å²) in [5, 5.41) is 11.7. The molecule has 2 aromatic rings. The van der Waals surface area contributed by atoms with E-state index in [0.717, 1.165) is 5.56 Å². The lowest BCUT2D eigenvalue weighted by Crippen LogP contribution is -2.31. The van der Waals surface area contributed by atoms with Gasteiger partial charge in [-0.15, -0.1) is 0 Å². The van der Waals surface area contributed by atoms with E-state index in [4.69, 9.17) is 14.7 Å². The average Bonchev–Trinajstić information content (AvgIpc) is 2.70. The second kappa shape index (κ2) is 9.97. The molecule has 28 heavy (non-hydrogen) atoms. The number of hydrogen-bond acceptors (Lipinski definition) is 5. The monoisotopic (exact) mass is 381 g/mol. The molecule has 2 amide bonds. The lowest BCUT2D eigenvalue weighted by atomic mass is 10.1. The maximum atomic E-state index is 12.2. The van der Waals surface area contributed by atoms with Crippen molar-refractivity contribution in [2.75, 3.05) is 26.1 Å². The SMILES string of the molecule is COc1ccc(CN(CCC(=O)Nc2cccc(C#N)c2)C(C)=O)cc1OC. The maximum absolute atomic E-state index is 12.2. The normalized spacial score (nSPS) is 9.93. The molecule has 2 aromatic carbocycles. The zero-order chi connectivity index (χ0) is 20.5. The Morgan fingerprint density at radius 3 is 2.50 bits per heavy atom. The number of carbonyl (C=O) groups excluding carboxylic acids is 2. The summed E-state index contributed by atoms with van der Waals surface area (Å²) in [6.07, 6.45) is 0.143. The van der Waals surface area contributed by atoms with Crippen LogP contribution in [0.3, 0.4) is 0 Å². The average molecular weight is 381 g/mol. The predicted octanol–water partition coefficient (Wildman–Crippen LogP) is 2.95. The minimum Gasteiger partial charge on any atom is -0.493 e. The van der Waals surface area contributed by atoms with E-state index in [2.05, 4.69) is 5.32 Å². The first-order valence-corrected chi connectivity index (χ1v) is 8.73. The first kappa shape index (κ1) is 20.8. The van der Waals surface area contributed by atoms with Crippen molar-refractivity contribution in [2.45, 2.75) is 19.9 Å². The van der Waals surface area contributed by atoms with Gasteiger partial charge in [0.25, 0.3) is 0 Å². The molecule has 0 heterocycles. The van der Waals surface area contributed by atoms with Crippen molar-refractivity contribution in [3.05, 3.63) is 53.6 Å². The molecule has 0 unspecified atom stereocenters. The van der Waals surface area contributed by atoms with Crippen molar-refractivity contribution in [3.8, 4) is 17.6 Å². The molecule has 0 spiro atoms. The third kappa shape index (κ3) is 5.74. The van der Waals surface area contributed by atoms with Crippen LogP contribution in [0.5, 0.6) is 11.5 Å². The van der Waals surface area contributed by atoms with Crippen LogP contribution < -0.4 is 14.8 Å². The molecule has 0 aliphatic carbocycles. The molecule has 0 aromatic heterocycles. The summed E-state index contributed by atoms with van der Waals surface area (Å²) in [5.74, 6) is 0.834. The van der Waals surface area contributed by atoms with E-state index in [1.54, 1.807) is 49.5 Å². The molecule has 0 saturated carbocycles. The molecule has 7 nitrogen and oxygen atoms in total. The number of methoxy groups -OCH3 is 2. The molecule has 0 atom stereocenters. The molecule has 146 valence electrons. The van der Waals surface area contributed by atoms with E-state index in [0.29, 0.717) is 29.3 Å². The van der Waals surface area contributed by atoms with Crippen LogP contribution in [0.4, 0.5) is 5.69 Å². The highest BCUT2D eigenvalue weighted by molar-refractivity contribution is 5.91. The zero-order valence-corrected chi connectivity index (χ0v) is 16.2. The Morgan fingerprint density at radius 1 is 1.11 bits per heavy atom. The van der Waals surface area contributed by atoms with E-state index in [1.165, 1.54) is 6.92 Å². The number of benzene rings is 2. The zero-order valence-electron chi connectivity index (χ0n) is 16.2. The summed E-state index contributed by atoms with van der Waals surface area (Å²) in [4.78, 5) is 25.8. The van der Waals surface area contributed by atoms with E-state index in [1.807, 2.05) is 18.2 Å². The van der Waals surface area contributed by atoms with Gasteiger partial charge in [0.15, 0.2) is 11.5 Å². The predicted molar refractivity (Wildman–Crippen MR) is 105 cm³/mol. The number of carbonyl (C=O) groups is 2. The quantitative estimate of drug-likeness (QED) is 0.759. The van der Waals surface area contributed by atoms with Crippen LogP contribution in [-0.4, -0.2) is 37.5 Å². The highest BCUT2D eigenvalue weighted by atomic mass is 16.5. The minimum absolute atomic E-state index is 0.130. The van der Waals surface area contributed by atoms with Crippen molar-refractivity contribution >= 4 is 17.5 Å². The topological polar surface area (TPSA) is 91.7 Å². The van der Waals surface area contributed by atoms with Gasteiger partial charge >= 0.3 is 0 Å². The highest BCUT2D eigenvalue weighted by Gasteiger charge is 2.14. The molecule has 2 rings (SSSR count). The van der Waals surface area contributed by atoms with E-state index >= 15 is 0 Å². The number of nitrogens with one attached hydrogen (secondary N) is 1. The van der Waals surface area contributed by atoms with Gasteiger partial charge in [-0.1, -0.05) is 12.1 Å². The molecule has 1 N–H and O–H groups in total. The first-order valence-electron chi connectivity index (χ1n) is 8.73. The summed E-state index contributed by atoms with van der Waals surface area (Å²) < 4.78 is 10.5. The number of nitrogens with zero attached hydrogens (tertiary/aromatic N) is 2. The van der Waals surface area contributed by atoms with Gasteiger partial charge in [0, 0.05) is 32.1 Å². The molecular formula is C21H23N3O4. The number of hydrogen-bond donors (Lipinski definition) is 1. The number of nitriles is 1. The smallest absolute Gasteiger partial charge is 0.226 e. The fourth-order valence-corrected chi connectivity index (χ4v) is 2.67. The van der Waals surface area contributed by atoms with Crippen LogP contribution in [-0.2, 0) is 16.1 Å². The van der Waals surface area contributed by atoms with E-state index in [-0.39, 0.29) is 24.8 Å². The second-order valence-electron chi connectivity index (χ2n) is 6.12. The summed E-state index contributed by atoms with van der Waals surface area (Å²) in [6, 6.07) is 14.1. The van der Waals surface area contributed by atoms with Crippen LogP contribution in [0, 0.1) is 11.3 Å². The Labute approximate surface area is 164 Å². The molecule has 0 bridgehead atoms. The van der Waals surface area contributed by atoms with Crippen LogP contribution in [0.1, 0.15) is 24.5 Å². The third-order valence-electron chi connectivity index (χ3n) is 4.15. The van der Waals surface area contributed by atoms with Gasteiger partial charge in [0.05, 0.1) is 25.9 Å². The molecule has 7 heteroatoms. The molecular weight excluding hydrogens is 358 g/mol. The van der Waals surface area contributed by atoms with E-state index in [9.17, 15) is 9.59 Å². The van der Waals surface area contributed by atoms with Crippen molar-refractivity contribution < 1.29 is 19.1 Å². The molecule has 0 aliphatic heterocycles. The first-order chi connectivity index (χ1) is 13.5. The summed E-state index contributed by atoms with van der Waals surface area (Å²) >= 11 is 0. The Hall–Kier alpha value is -3.53. The fraction of sp³-hybridized carbons (Fsp3) is 0.286. The third-order valence-corrected chi connectivity index (χ3v) is 4.15. The van der Waals surface area contributed by atoms with E-state index < -0.39 is 0 Å². The number of ether oxygens (including phenoxy) is 2. The van der Waals surface area contributed by atoms with Gasteiger partial charge in [-0.25, -0.2) is 0 Å². The molecule has 0 aliphatic rings. The van der Waals surface area contributed by atoms with Crippen LogP contribution in [0.2, 0.25) is 0 Å². The van der Waals surface area contributed by atoms with Gasteiger partial charge in [0.2, 0.25) is 11.8 Å². The highest BCUT2D eigenvalue weighted by Crippen LogP contribution is 2.28. The Kier molecular flexibility index (Phi) is 7.40. The molecule has 0 fully saturated rings. The maximum Gasteiger partial charge on any atom is 0.226 e. The molecule has 0 radical (unpaired) electrons. The van der Waals surface area contributed by atoms with Crippen LogP contribution in [0.25, 0.3) is 0 Å².